The Morgan fingerprint density at radius 2 is 1.89 bits per heavy atom. The van der Waals surface area contributed by atoms with Crippen LogP contribution < -0.4 is 5.32 Å². The van der Waals surface area contributed by atoms with E-state index in [9.17, 15) is 0 Å². The van der Waals surface area contributed by atoms with E-state index in [0.717, 1.165) is 34.3 Å². The van der Waals surface area contributed by atoms with E-state index in [1.807, 2.05) is 47.5 Å². The zero-order valence-electron chi connectivity index (χ0n) is 15.6. The van der Waals surface area contributed by atoms with Crippen molar-refractivity contribution in [3.05, 3.63) is 54.6 Å². The van der Waals surface area contributed by atoms with E-state index in [-0.39, 0.29) is 0 Å². The van der Waals surface area contributed by atoms with Crippen LogP contribution in [0.15, 0.2) is 49.1 Å². The maximum Gasteiger partial charge on any atom is 0.154 e. The molecule has 0 bridgehead atoms. The molecular weight excluding hydrogens is 338 g/mol. The highest BCUT2D eigenvalue weighted by Crippen LogP contribution is 2.24. The summed E-state index contributed by atoms with van der Waals surface area (Å²) in [5, 5.41) is 15.8. The van der Waals surface area contributed by atoms with Gasteiger partial charge in [-0.1, -0.05) is 13.8 Å². The summed E-state index contributed by atoms with van der Waals surface area (Å²) in [6.07, 6.45) is 7.50. The molecule has 0 amide bonds. The van der Waals surface area contributed by atoms with Gasteiger partial charge in [-0.25, -0.2) is 4.98 Å². The van der Waals surface area contributed by atoms with Crippen molar-refractivity contribution < 1.29 is 0 Å². The van der Waals surface area contributed by atoms with Crippen LogP contribution in [0.5, 0.6) is 0 Å². The smallest absolute Gasteiger partial charge is 0.154 e. The third kappa shape index (κ3) is 3.62. The van der Waals surface area contributed by atoms with Crippen LogP contribution in [0.3, 0.4) is 0 Å². The molecule has 0 saturated heterocycles. The predicted octanol–water partition coefficient (Wildman–Crippen LogP) is 4.17. The first-order valence-electron chi connectivity index (χ1n) is 9.01. The van der Waals surface area contributed by atoms with Crippen molar-refractivity contribution in [3.8, 4) is 11.1 Å². The number of pyridine rings is 2. The second-order valence-electron chi connectivity index (χ2n) is 6.70. The zero-order chi connectivity index (χ0) is 18.8. The lowest BCUT2D eigenvalue weighted by molar-refractivity contribution is 0.660. The number of aryl methyl sites for hydroxylation is 1. The third-order valence-corrected chi connectivity index (χ3v) is 4.43. The number of fused-ring (bicyclic) bond motifs is 1. The van der Waals surface area contributed by atoms with E-state index in [2.05, 4.69) is 51.4 Å². The van der Waals surface area contributed by atoms with Gasteiger partial charge in [0, 0.05) is 30.1 Å². The van der Waals surface area contributed by atoms with E-state index >= 15 is 0 Å². The van der Waals surface area contributed by atoms with Crippen molar-refractivity contribution in [1.82, 2.24) is 29.9 Å². The molecule has 0 spiro atoms. The van der Waals surface area contributed by atoms with Crippen molar-refractivity contribution in [1.29, 1.82) is 0 Å². The van der Waals surface area contributed by atoms with Gasteiger partial charge in [-0.05, 0) is 42.7 Å². The lowest BCUT2D eigenvalue weighted by Gasteiger charge is -2.09. The minimum Gasteiger partial charge on any atom is -0.323 e. The molecule has 0 saturated carbocycles. The van der Waals surface area contributed by atoms with Gasteiger partial charge in [0.25, 0.3) is 0 Å². The molecule has 27 heavy (non-hydrogen) atoms. The maximum atomic E-state index is 4.69. The molecule has 0 unspecified atom stereocenters. The van der Waals surface area contributed by atoms with Crippen LogP contribution >= 0.6 is 0 Å². The molecule has 0 aliphatic carbocycles. The summed E-state index contributed by atoms with van der Waals surface area (Å²) < 4.78 is 1.89. The van der Waals surface area contributed by atoms with Gasteiger partial charge in [0.2, 0.25) is 0 Å². The Labute approximate surface area is 157 Å². The minimum absolute atomic E-state index is 0.390. The topological polar surface area (TPSA) is 81.4 Å². The summed E-state index contributed by atoms with van der Waals surface area (Å²) in [7, 11) is 0. The van der Waals surface area contributed by atoms with Crippen LogP contribution in [-0.4, -0.2) is 29.9 Å². The SMILES string of the molecule is CCn1cc(-c2cnc3ccc(Nc4cc(C(C)C)cnn4)nc3c2)cn1. The second-order valence-corrected chi connectivity index (χ2v) is 6.70. The Kier molecular flexibility index (Phi) is 4.50. The standard InChI is InChI=1S/C20H21N7/c1-4-27-12-16(11-23-27)15-7-18-17(21-9-15)5-6-19(24-18)25-20-8-14(13(2)3)10-22-26-20/h5-13H,4H2,1-3H3,(H,24,25,26). The number of nitrogens with zero attached hydrogens (tertiary/aromatic N) is 6. The second kappa shape index (κ2) is 7.11. The monoisotopic (exact) mass is 359 g/mol. The van der Waals surface area contributed by atoms with Crippen LogP contribution in [0.2, 0.25) is 0 Å². The van der Waals surface area contributed by atoms with Crippen molar-refractivity contribution in [2.45, 2.75) is 33.2 Å². The molecule has 4 aromatic rings. The number of nitrogens with one attached hydrogen (secondary N) is 1. The molecule has 0 aliphatic heterocycles. The van der Waals surface area contributed by atoms with Gasteiger partial charge in [0.05, 0.1) is 23.4 Å². The quantitative estimate of drug-likeness (QED) is 0.576. The first kappa shape index (κ1) is 17.1. The normalized spacial score (nSPS) is 11.3. The van der Waals surface area contributed by atoms with E-state index in [4.69, 9.17) is 0 Å². The Morgan fingerprint density at radius 3 is 2.67 bits per heavy atom. The molecule has 0 radical (unpaired) electrons. The fourth-order valence-electron chi connectivity index (χ4n) is 2.81. The average molecular weight is 359 g/mol. The molecule has 7 heteroatoms. The zero-order valence-corrected chi connectivity index (χ0v) is 15.6. The van der Waals surface area contributed by atoms with Gasteiger partial charge in [0.15, 0.2) is 5.82 Å². The van der Waals surface area contributed by atoms with Crippen molar-refractivity contribution in [3.63, 3.8) is 0 Å². The lowest BCUT2D eigenvalue weighted by Crippen LogP contribution is -2.00. The van der Waals surface area contributed by atoms with E-state index in [1.54, 1.807) is 6.20 Å². The molecule has 4 aromatic heterocycles. The number of hydrogen-bond acceptors (Lipinski definition) is 6. The summed E-state index contributed by atoms with van der Waals surface area (Å²) in [6.45, 7) is 7.15. The fourth-order valence-corrected chi connectivity index (χ4v) is 2.81. The highest BCUT2D eigenvalue weighted by Gasteiger charge is 2.07. The van der Waals surface area contributed by atoms with Gasteiger partial charge in [-0.15, -0.1) is 5.10 Å². The first-order valence-corrected chi connectivity index (χ1v) is 9.01. The molecule has 136 valence electrons. The van der Waals surface area contributed by atoms with E-state index in [1.165, 1.54) is 0 Å². The average Bonchev–Trinajstić information content (AvgIpc) is 3.17. The van der Waals surface area contributed by atoms with E-state index in [0.29, 0.717) is 17.6 Å². The van der Waals surface area contributed by atoms with Crippen LogP contribution in [0.25, 0.3) is 22.2 Å². The largest absolute Gasteiger partial charge is 0.323 e. The van der Waals surface area contributed by atoms with Gasteiger partial charge >= 0.3 is 0 Å². The molecule has 7 nitrogen and oxygen atoms in total. The summed E-state index contributed by atoms with van der Waals surface area (Å²) in [6, 6.07) is 7.87. The van der Waals surface area contributed by atoms with Crippen LogP contribution in [-0.2, 0) is 6.54 Å². The molecule has 0 aromatic carbocycles. The molecule has 0 fully saturated rings. The number of anilines is 2. The molecular formula is C20H21N7. The number of aromatic nitrogens is 6. The van der Waals surface area contributed by atoms with Crippen molar-refractivity contribution >= 4 is 22.7 Å². The summed E-state index contributed by atoms with van der Waals surface area (Å²) >= 11 is 0. The molecule has 0 atom stereocenters. The predicted molar refractivity (Wildman–Crippen MR) is 106 cm³/mol. The first-order chi connectivity index (χ1) is 13.1. The maximum absolute atomic E-state index is 4.69. The highest BCUT2D eigenvalue weighted by atomic mass is 15.3. The Balaban J connectivity index is 1.65. The molecule has 4 heterocycles. The van der Waals surface area contributed by atoms with Gasteiger partial charge in [-0.3, -0.25) is 9.67 Å². The number of hydrogen-bond donors (Lipinski definition) is 1. The molecule has 4 rings (SSSR count). The highest BCUT2D eigenvalue weighted by molar-refractivity contribution is 5.81. The van der Waals surface area contributed by atoms with Gasteiger partial charge in [0.1, 0.15) is 5.82 Å². The van der Waals surface area contributed by atoms with Crippen molar-refractivity contribution in [2.75, 3.05) is 5.32 Å². The van der Waals surface area contributed by atoms with Crippen LogP contribution in [0.4, 0.5) is 11.6 Å². The molecule has 0 aliphatic rings. The molecule has 1 N–H and O–H groups in total. The van der Waals surface area contributed by atoms with Crippen LogP contribution in [0, 0.1) is 0 Å². The van der Waals surface area contributed by atoms with Crippen molar-refractivity contribution in [2.24, 2.45) is 0 Å². The van der Waals surface area contributed by atoms with Crippen LogP contribution in [0.1, 0.15) is 32.3 Å². The Bertz CT molecular complexity index is 1080. The Morgan fingerprint density at radius 1 is 1.00 bits per heavy atom. The van der Waals surface area contributed by atoms with E-state index < -0.39 is 0 Å². The Hall–Kier alpha value is -3.35. The minimum atomic E-state index is 0.390. The summed E-state index contributed by atoms with van der Waals surface area (Å²) in [4.78, 5) is 9.21. The van der Waals surface area contributed by atoms with Gasteiger partial charge < -0.3 is 5.32 Å². The lowest BCUT2D eigenvalue weighted by atomic mass is 10.1. The van der Waals surface area contributed by atoms with Gasteiger partial charge in [-0.2, -0.15) is 10.2 Å². The number of rotatable bonds is 5. The summed E-state index contributed by atoms with van der Waals surface area (Å²) in [5.74, 6) is 1.78. The fraction of sp³-hybridized carbons (Fsp3) is 0.250. The summed E-state index contributed by atoms with van der Waals surface area (Å²) in [5.41, 5.74) is 4.81. The third-order valence-electron chi connectivity index (χ3n) is 4.43.